The lowest BCUT2D eigenvalue weighted by Crippen LogP contribution is -2.36. The van der Waals surface area contributed by atoms with Crippen LogP contribution in [0.5, 0.6) is 0 Å². The quantitative estimate of drug-likeness (QED) is 0.397. The van der Waals surface area contributed by atoms with Crippen LogP contribution in [-0.2, 0) is 4.79 Å². The molecule has 2 aliphatic heterocycles. The number of amides is 1. The summed E-state index contributed by atoms with van der Waals surface area (Å²) in [4.78, 5) is 19.3. The number of aliphatic hydroxyl groups excluding tert-OH is 1. The molecule has 2 saturated heterocycles. The summed E-state index contributed by atoms with van der Waals surface area (Å²) in [6, 6.07) is 15.0. The van der Waals surface area contributed by atoms with Gasteiger partial charge < -0.3 is 20.6 Å². The number of rotatable bonds is 4. The Morgan fingerprint density at radius 1 is 1.09 bits per heavy atom. The Labute approximate surface area is 197 Å². The number of guanidine groups is 1. The van der Waals surface area contributed by atoms with Gasteiger partial charge in [0.1, 0.15) is 0 Å². The molecule has 0 aliphatic carbocycles. The summed E-state index contributed by atoms with van der Waals surface area (Å²) in [6.45, 7) is 3.73. The van der Waals surface area contributed by atoms with Crippen LogP contribution >= 0.6 is 23.4 Å². The largest absolute Gasteiger partial charge is 0.393 e. The van der Waals surface area contributed by atoms with E-state index < -0.39 is 0 Å². The third-order valence-corrected chi connectivity index (χ3v) is 6.95. The molecule has 32 heavy (non-hydrogen) atoms. The number of halogens is 1. The van der Waals surface area contributed by atoms with Crippen LogP contribution in [0.2, 0.25) is 5.02 Å². The van der Waals surface area contributed by atoms with Crippen molar-refractivity contribution in [3.8, 4) is 0 Å². The average molecular weight is 474 g/mol. The normalized spacial score (nSPS) is 22.1. The van der Waals surface area contributed by atoms with Gasteiger partial charge in [-0.05, 0) is 68.3 Å². The molecule has 0 saturated carbocycles. The molecule has 2 fully saturated rings. The zero-order valence-corrected chi connectivity index (χ0v) is 19.5. The first-order chi connectivity index (χ1) is 15.5. The summed E-state index contributed by atoms with van der Waals surface area (Å²) in [5.74, 6) is 0.851. The van der Waals surface area contributed by atoms with Crippen LogP contribution in [-0.4, -0.2) is 53.3 Å². The SMILES string of the molecule is CC1NC(C(=O)/N=C(\Nc2ccc(Cl)cc2)Nc2ccc(N3CCC(O)CC3)cc2)CS1. The van der Waals surface area contributed by atoms with Crippen molar-refractivity contribution in [3.05, 3.63) is 53.6 Å². The summed E-state index contributed by atoms with van der Waals surface area (Å²) in [5, 5.41) is 20.3. The molecule has 2 atom stereocenters. The fourth-order valence-corrected chi connectivity index (χ4v) is 4.83. The van der Waals surface area contributed by atoms with E-state index in [-0.39, 0.29) is 23.4 Å². The third kappa shape index (κ3) is 6.16. The summed E-state index contributed by atoms with van der Waals surface area (Å²) in [6.07, 6.45) is 1.38. The highest BCUT2D eigenvalue weighted by Crippen LogP contribution is 2.23. The summed E-state index contributed by atoms with van der Waals surface area (Å²) in [7, 11) is 0. The van der Waals surface area contributed by atoms with Crippen molar-refractivity contribution in [2.45, 2.75) is 37.3 Å². The van der Waals surface area contributed by atoms with E-state index in [4.69, 9.17) is 11.6 Å². The maximum Gasteiger partial charge on any atom is 0.266 e. The van der Waals surface area contributed by atoms with E-state index in [1.54, 1.807) is 23.9 Å². The van der Waals surface area contributed by atoms with Crippen LogP contribution in [0.3, 0.4) is 0 Å². The van der Waals surface area contributed by atoms with Crippen molar-refractivity contribution < 1.29 is 9.90 Å². The molecule has 0 spiro atoms. The zero-order valence-electron chi connectivity index (χ0n) is 17.9. The molecule has 2 aliphatic rings. The van der Waals surface area contributed by atoms with E-state index >= 15 is 0 Å². The van der Waals surface area contributed by atoms with E-state index in [1.807, 2.05) is 43.3 Å². The molecule has 0 aromatic heterocycles. The molecule has 7 nitrogen and oxygen atoms in total. The Morgan fingerprint density at radius 2 is 1.69 bits per heavy atom. The Balaban J connectivity index is 1.48. The molecular weight excluding hydrogens is 446 g/mol. The number of hydrogen-bond donors (Lipinski definition) is 4. The molecule has 2 heterocycles. The van der Waals surface area contributed by atoms with Gasteiger partial charge >= 0.3 is 0 Å². The number of aliphatic hydroxyl groups is 1. The van der Waals surface area contributed by atoms with Crippen molar-refractivity contribution >= 4 is 52.3 Å². The van der Waals surface area contributed by atoms with Crippen LogP contribution in [0.1, 0.15) is 19.8 Å². The highest BCUT2D eigenvalue weighted by Gasteiger charge is 2.27. The van der Waals surface area contributed by atoms with Crippen LogP contribution in [0, 0.1) is 0 Å². The summed E-state index contributed by atoms with van der Waals surface area (Å²) < 4.78 is 0. The van der Waals surface area contributed by atoms with E-state index in [9.17, 15) is 9.90 Å². The molecule has 2 aromatic rings. The maximum atomic E-state index is 12.7. The molecule has 1 amide bonds. The monoisotopic (exact) mass is 473 g/mol. The number of benzene rings is 2. The first-order valence-corrected chi connectivity index (χ1v) is 12.2. The van der Waals surface area contributed by atoms with Gasteiger partial charge in [-0.25, -0.2) is 0 Å². The number of hydrogen-bond acceptors (Lipinski definition) is 5. The first kappa shape index (κ1) is 22.9. The Morgan fingerprint density at radius 3 is 2.25 bits per heavy atom. The Hall–Kier alpha value is -2.26. The van der Waals surface area contributed by atoms with Crippen molar-refractivity contribution in [3.63, 3.8) is 0 Å². The fraction of sp³-hybridized carbons (Fsp3) is 0.391. The maximum absolute atomic E-state index is 12.7. The van der Waals surface area contributed by atoms with E-state index in [1.165, 1.54) is 0 Å². The second-order valence-electron chi connectivity index (χ2n) is 8.02. The van der Waals surface area contributed by atoms with E-state index in [2.05, 4.69) is 25.8 Å². The number of aliphatic imine (C=N–C) groups is 1. The van der Waals surface area contributed by atoms with Crippen LogP contribution < -0.4 is 20.9 Å². The number of nitrogens with zero attached hydrogens (tertiary/aromatic N) is 2. The van der Waals surface area contributed by atoms with Gasteiger partial charge in [-0.3, -0.25) is 10.1 Å². The number of carbonyl (C=O) groups excluding carboxylic acids is 1. The summed E-state index contributed by atoms with van der Waals surface area (Å²) in [5.41, 5.74) is 2.71. The van der Waals surface area contributed by atoms with Gasteiger partial charge in [-0.15, -0.1) is 11.8 Å². The van der Waals surface area contributed by atoms with Crippen molar-refractivity contribution in [1.82, 2.24) is 5.32 Å². The lowest BCUT2D eigenvalue weighted by molar-refractivity contribution is -0.119. The zero-order chi connectivity index (χ0) is 22.5. The Bertz CT molecular complexity index is 946. The van der Waals surface area contributed by atoms with Gasteiger partial charge in [0.2, 0.25) is 5.96 Å². The molecular formula is C23H28ClN5O2S. The highest BCUT2D eigenvalue weighted by atomic mass is 35.5. The van der Waals surface area contributed by atoms with Crippen molar-refractivity contribution in [1.29, 1.82) is 0 Å². The van der Waals surface area contributed by atoms with Gasteiger partial charge in [-0.2, -0.15) is 4.99 Å². The number of anilines is 3. The lowest BCUT2D eigenvalue weighted by atomic mass is 10.1. The third-order valence-electron chi connectivity index (χ3n) is 5.54. The highest BCUT2D eigenvalue weighted by molar-refractivity contribution is 8.00. The molecule has 2 unspecified atom stereocenters. The predicted octanol–water partition coefficient (Wildman–Crippen LogP) is 3.76. The predicted molar refractivity (Wildman–Crippen MR) is 134 cm³/mol. The van der Waals surface area contributed by atoms with Gasteiger partial charge in [0.25, 0.3) is 5.91 Å². The average Bonchev–Trinajstić information content (AvgIpc) is 3.23. The van der Waals surface area contributed by atoms with Gasteiger partial charge in [-0.1, -0.05) is 11.6 Å². The molecule has 4 N–H and O–H groups in total. The van der Waals surface area contributed by atoms with Crippen molar-refractivity contribution in [2.75, 3.05) is 34.4 Å². The van der Waals surface area contributed by atoms with E-state index in [0.29, 0.717) is 16.7 Å². The number of carbonyl (C=O) groups is 1. The van der Waals surface area contributed by atoms with Gasteiger partial charge in [0.05, 0.1) is 17.5 Å². The van der Waals surface area contributed by atoms with Gasteiger partial charge in [0, 0.05) is 40.9 Å². The van der Waals surface area contributed by atoms with Crippen LogP contribution in [0.25, 0.3) is 0 Å². The minimum atomic E-state index is -0.296. The number of piperidine rings is 1. The first-order valence-electron chi connectivity index (χ1n) is 10.8. The standard InChI is InChI=1S/C23H28ClN5O2S/c1-15-25-21(14-32-15)22(31)28-23(26-17-4-2-16(24)3-5-17)27-18-6-8-19(9-7-18)29-12-10-20(30)11-13-29/h2-9,15,20-21,25,30H,10-14H2,1H3,(H2,26,27,28,31). The molecule has 0 bridgehead atoms. The lowest BCUT2D eigenvalue weighted by Gasteiger charge is -2.31. The van der Waals surface area contributed by atoms with Gasteiger partial charge in [0.15, 0.2) is 0 Å². The molecule has 2 aromatic carbocycles. The second-order valence-corrected chi connectivity index (χ2v) is 9.83. The molecule has 4 rings (SSSR count). The van der Waals surface area contributed by atoms with E-state index in [0.717, 1.165) is 43.0 Å². The van der Waals surface area contributed by atoms with Crippen LogP contribution in [0.4, 0.5) is 17.1 Å². The topological polar surface area (TPSA) is 89.0 Å². The Kier molecular flexibility index (Phi) is 7.57. The number of nitrogens with one attached hydrogen (secondary N) is 3. The minimum Gasteiger partial charge on any atom is -0.393 e. The van der Waals surface area contributed by atoms with Crippen molar-refractivity contribution in [2.24, 2.45) is 4.99 Å². The summed E-state index contributed by atoms with van der Waals surface area (Å²) >= 11 is 7.70. The van der Waals surface area contributed by atoms with Crippen LogP contribution in [0.15, 0.2) is 53.5 Å². The molecule has 170 valence electrons. The fourth-order valence-electron chi connectivity index (χ4n) is 3.72. The smallest absolute Gasteiger partial charge is 0.266 e. The second kappa shape index (κ2) is 10.6. The minimum absolute atomic E-state index is 0.196. The number of thioether (sulfide) groups is 1. The molecule has 0 radical (unpaired) electrons. The molecule has 9 heteroatoms.